The number of carbonyl (C=O) groups is 1. The highest BCUT2D eigenvalue weighted by Crippen LogP contribution is 2.40. The average Bonchev–Trinajstić information content (AvgIpc) is 2.61. The Morgan fingerprint density at radius 2 is 1.34 bits per heavy atom. The van der Waals surface area contributed by atoms with Gasteiger partial charge in [0, 0.05) is 6.42 Å². The molecule has 1 rings (SSSR count). The first-order valence-corrected chi connectivity index (χ1v) is 9.66. The summed E-state index contributed by atoms with van der Waals surface area (Å²) < 4.78 is 5.36. The topological polar surface area (TPSA) is 126 Å². The number of hydrogen-bond acceptors (Lipinski definition) is 3. The van der Waals surface area contributed by atoms with Crippen molar-refractivity contribution in [3.05, 3.63) is 28.8 Å². The summed E-state index contributed by atoms with van der Waals surface area (Å²) in [7, 11) is 0. The van der Waals surface area contributed by atoms with Crippen molar-refractivity contribution in [1.29, 1.82) is 0 Å². The molecule has 1 aromatic rings. The van der Waals surface area contributed by atoms with Gasteiger partial charge in [-0.2, -0.15) is 0 Å². The quantitative estimate of drug-likeness (QED) is 0.649. The van der Waals surface area contributed by atoms with E-state index < -0.39 is 43.9 Å². The number of hydrogen-bond donors (Lipinski definition) is 2. The summed E-state index contributed by atoms with van der Waals surface area (Å²) in [5.41, 5.74) is -0.350. The summed E-state index contributed by atoms with van der Waals surface area (Å²) in [5, 5.41) is 54.1. The summed E-state index contributed by atoms with van der Waals surface area (Å²) in [6.45, 7) is 8.50. The predicted octanol–water partition coefficient (Wildman–Crippen LogP) is 3.28. The van der Waals surface area contributed by atoms with E-state index in [2.05, 4.69) is 0 Å². The van der Waals surface area contributed by atoms with E-state index in [0.717, 1.165) is 0 Å². The van der Waals surface area contributed by atoms with E-state index in [-0.39, 0.29) is 23.0 Å². The van der Waals surface area contributed by atoms with Crippen LogP contribution in [0.15, 0.2) is 12.1 Å². The molecule has 3 radical (unpaired) electrons. The fourth-order valence-corrected chi connectivity index (χ4v) is 2.91. The van der Waals surface area contributed by atoms with Crippen LogP contribution in [0, 0.1) is 5.41 Å². The van der Waals surface area contributed by atoms with Crippen molar-refractivity contribution >= 4 is 5.97 Å². The molecule has 1 unspecified atom stereocenters. The van der Waals surface area contributed by atoms with E-state index in [1.165, 1.54) is 0 Å². The lowest BCUT2D eigenvalue weighted by Crippen LogP contribution is -2.40. The molecule has 1 atom stereocenters. The highest BCUT2D eigenvalue weighted by atomic mass is 16.5. The van der Waals surface area contributed by atoms with Gasteiger partial charge in [0.15, 0.2) is 6.10 Å². The minimum absolute atomic E-state index is 0.0194. The number of ether oxygens (including phenoxy) is 1. The third-order valence-corrected chi connectivity index (χ3v) is 4.99. The molecule has 0 fully saturated rings. The lowest BCUT2D eigenvalue weighted by Gasteiger charge is -2.29. The molecule has 1 aromatic carbocycles. The van der Waals surface area contributed by atoms with Gasteiger partial charge >= 0.3 is 5.97 Å². The van der Waals surface area contributed by atoms with Crippen molar-refractivity contribution in [1.82, 2.24) is 0 Å². The van der Waals surface area contributed by atoms with Gasteiger partial charge in [-0.25, -0.2) is 20.1 Å². The third-order valence-electron chi connectivity index (χ3n) is 4.99. The van der Waals surface area contributed by atoms with E-state index in [4.69, 9.17) is 4.74 Å². The van der Waals surface area contributed by atoms with Crippen molar-refractivity contribution in [3.63, 3.8) is 0 Å². The van der Waals surface area contributed by atoms with Crippen LogP contribution in [-0.2, 0) is 42.1 Å². The number of aromatic hydroxyl groups is 1. The molecule has 7 heteroatoms. The largest absolute Gasteiger partial charge is 0.507 e. The molecular formula is C22H33O7. The van der Waals surface area contributed by atoms with Crippen LogP contribution in [0.1, 0.15) is 58.2 Å². The monoisotopic (exact) mass is 409 g/mol. The van der Waals surface area contributed by atoms with Gasteiger partial charge in [0.1, 0.15) is 5.75 Å². The second-order valence-electron chi connectivity index (χ2n) is 9.81. The Morgan fingerprint density at radius 3 is 1.66 bits per heavy atom. The Morgan fingerprint density at radius 1 is 0.931 bits per heavy atom. The molecule has 0 saturated heterocycles. The predicted molar refractivity (Wildman–Crippen MR) is 106 cm³/mol. The van der Waals surface area contributed by atoms with Crippen LogP contribution in [0.25, 0.3) is 0 Å². The van der Waals surface area contributed by atoms with Gasteiger partial charge in [-0.3, -0.25) is 0 Å². The summed E-state index contributed by atoms with van der Waals surface area (Å²) in [5.74, 6) is -1.06. The normalized spacial score (nSPS) is 14.1. The zero-order valence-corrected chi connectivity index (χ0v) is 18.2. The number of phenols is 1. The Kier molecular flexibility index (Phi) is 8.25. The number of rotatable bonds is 9. The molecule has 7 nitrogen and oxygen atoms in total. The lowest BCUT2D eigenvalue weighted by molar-refractivity contribution is -0.160. The van der Waals surface area contributed by atoms with Crippen molar-refractivity contribution in [2.45, 2.75) is 64.9 Å². The minimum Gasteiger partial charge on any atom is -0.507 e. The summed E-state index contributed by atoms with van der Waals surface area (Å²) in [6, 6.07) is 3.51. The van der Waals surface area contributed by atoms with Gasteiger partial charge in [-0.05, 0) is 27.5 Å². The molecule has 0 spiro atoms. The number of aliphatic carboxylic acids is 1. The summed E-state index contributed by atoms with van der Waals surface area (Å²) in [6.07, 6.45) is -1.33. The van der Waals surface area contributed by atoms with Gasteiger partial charge < -0.3 is 14.9 Å². The molecule has 0 aliphatic rings. The number of carboxylic acids is 1. The van der Waals surface area contributed by atoms with Crippen LogP contribution in [-0.4, -0.2) is 48.7 Å². The fraction of sp³-hybridized carbons (Fsp3) is 0.682. The standard InChI is InChI=1S/C22H33O7/c1-20(2,3)15-7-14(8-16(18(15)26)21(4,5)6)9-17(19(27)28)29-13-22(10-23,11-24)12-25/h7-8,17,26H,9-13H2,1-6H3,(H,27,28). The molecule has 29 heavy (non-hydrogen) atoms. The van der Waals surface area contributed by atoms with Crippen molar-refractivity contribution in [3.8, 4) is 5.75 Å². The van der Waals surface area contributed by atoms with Crippen LogP contribution in [0.5, 0.6) is 5.75 Å². The van der Waals surface area contributed by atoms with Gasteiger partial charge in [0.05, 0.1) is 31.8 Å². The van der Waals surface area contributed by atoms with Gasteiger partial charge in [-0.15, -0.1) is 0 Å². The van der Waals surface area contributed by atoms with E-state index in [9.17, 15) is 30.3 Å². The SMILES string of the molecule is CC(C)(C)c1cc(CC(OCC(C[O])(C[O])C[O])C(=O)O)cc(C(C)(C)C)c1O. The lowest BCUT2D eigenvalue weighted by atomic mass is 9.78. The van der Waals surface area contributed by atoms with E-state index >= 15 is 0 Å². The molecular weight excluding hydrogens is 376 g/mol. The van der Waals surface area contributed by atoms with Crippen molar-refractivity contribution < 1.29 is 35.1 Å². The first-order chi connectivity index (χ1) is 13.2. The Labute approximate surface area is 173 Å². The minimum atomic E-state index is -1.64. The Balaban J connectivity index is 3.29. The highest BCUT2D eigenvalue weighted by molar-refractivity contribution is 5.73. The molecule has 0 aromatic heterocycles. The molecule has 0 amide bonds. The summed E-state index contributed by atoms with van der Waals surface area (Å²) >= 11 is 0. The third kappa shape index (κ3) is 6.40. The van der Waals surface area contributed by atoms with Gasteiger partial charge in [-0.1, -0.05) is 53.7 Å². The van der Waals surface area contributed by atoms with Crippen molar-refractivity contribution in [2.75, 3.05) is 26.4 Å². The number of carboxylic acid groups (broad SMARTS) is 1. The fourth-order valence-electron chi connectivity index (χ4n) is 2.91. The first kappa shape index (κ1) is 25.4. The van der Waals surface area contributed by atoms with E-state index in [0.29, 0.717) is 16.7 Å². The molecule has 163 valence electrons. The zero-order valence-electron chi connectivity index (χ0n) is 18.2. The highest BCUT2D eigenvalue weighted by Gasteiger charge is 2.34. The smallest absolute Gasteiger partial charge is 0.333 e. The van der Waals surface area contributed by atoms with E-state index in [1.54, 1.807) is 12.1 Å². The van der Waals surface area contributed by atoms with Gasteiger partial charge in [0.25, 0.3) is 0 Å². The van der Waals surface area contributed by atoms with Crippen LogP contribution in [0.2, 0.25) is 0 Å². The molecule has 0 saturated carbocycles. The van der Waals surface area contributed by atoms with Crippen molar-refractivity contribution in [2.24, 2.45) is 5.41 Å². The molecule has 0 heterocycles. The van der Waals surface area contributed by atoms with Crippen LogP contribution < -0.4 is 0 Å². The molecule has 2 N–H and O–H groups in total. The first-order valence-electron chi connectivity index (χ1n) is 9.66. The molecule has 0 aliphatic heterocycles. The maximum absolute atomic E-state index is 11.7. The molecule has 0 aliphatic carbocycles. The zero-order chi connectivity index (χ0) is 22.6. The van der Waals surface area contributed by atoms with Crippen LogP contribution in [0.4, 0.5) is 0 Å². The van der Waals surface area contributed by atoms with E-state index in [1.807, 2.05) is 41.5 Å². The van der Waals surface area contributed by atoms with Crippen LogP contribution >= 0.6 is 0 Å². The maximum Gasteiger partial charge on any atom is 0.333 e. The van der Waals surface area contributed by atoms with Gasteiger partial charge in [0.2, 0.25) is 0 Å². The second-order valence-corrected chi connectivity index (χ2v) is 9.81. The summed E-state index contributed by atoms with van der Waals surface area (Å²) in [4.78, 5) is 11.7. The average molecular weight is 409 g/mol. The Bertz CT molecular complexity index is 651. The Hall–Kier alpha value is -1.67. The second kappa shape index (κ2) is 9.43. The number of benzene rings is 1. The van der Waals surface area contributed by atoms with Crippen LogP contribution in [0.3, 0.4) is 0 Å². The molecule has 0 bridgehead atoms. The maximum atomic E-state index is 11.7. The number of phenolic OH excluding ortho intramolecular Hbond substituents is 1.